The van der Waals surface area contributed by atoms with Crippen molar-refractivity contribution in [1.29, 1.82) is 0 Å². The quantitative estimate of drug-likeness (QED) is 0.625. The zero-order valence-electron chi connectivity index (χ0n) is 6.39. The molecule has 1 nitrogen and oxygen atoms in total. The van der Waals surface area contributed by atoms with Gasteiger partial charge in [0.25, 0.3) is 0 Å². The summed E-state index contributed by atoms with van der Waals surface area (Å²) in [5.41, 5.74) is 2.66. The summed E-state index contributed by atoms with van der Waals surface area (Å²) < 4.78 is 0. The summed E-state index contributed by atoms with van der Waals surface area (Å²) in [6, 6.07) is 8.48. The topological polar surface area (TPSA) is 31.5 Å². The van der Waals surface area contributed by atoms with Gasteiger partial charge in [0.15, 0.2) is 0 Å². The molecule has 0 aliphatic carbocycles. The summed E-state index contributed by atoms with van der Waals surface area (Å²) >= 11 is 0. The summed E-state index contributed by atoms with van der Waals surface area (Å²) in [7, 11) is 0. The maximum atomic E-state index is 2.12. The summed E-state index contributed by atoms with van der Waals surface area (Å²) in [6.07, 6.45) is 0. The minimum absolute atomic E-state index is 0. The molecule has 0 heterocycles. The van der Waals surface area contributed by atoms with E-state index in [1.165, 1.54) is 11.1 Å². The first-order valence-electron chi connectivity index (χ1n) is 2.82. The predicted octanol–water partition coefficient (Wildman–Crippen LogP) is 1.48. The van der Waals surface area contributed by atoms with E-state index in [1.54, 1.807) is 0 Å². The molecule has 2 N–H and O–H groups in total. The number of benzene rings is 1. The van der Waals surface area contributed by atoms with Gasteiger partial charge in [-0.25, -0.2) is 0 Å². The molecule has 0 fully saturated rings. The van der Waals surface area contributed by atoms with Gasteiger partial charge in [-0.05, 0) is 13.8 Å². The normalized spacial score (nSPS) is 7.40. The Kier molecular flexibility index (Phi) is 7.78. The van der Waals surface area contributed by atoms with E-state index in [4.69, 9.17) is 0 Å². The second kappa shape index (κ2) is 6.02. The molecule has 0 aliphatic rings. The van der Waals surface area contributed by atoms with Gasteiger partial charge < -0.3 is 5.48 Å². The van der Waals surface area contributed by atoms with Crippen molar-refractivity contribution >= 4 is 0 Å². The predicted molar refractivity (Wildman–Crippen MR) is 39.5 cm³/mol. The molecule has 53 valence electrons. The van der Waals surface area contributed by atoms with Crippen LogP contribution in [0.1, 0.15) is 11.1 Å². The molecule has 10 heavy (non-hydrogen) atoms. The summed E-state index contributed by atoms with van der Waals surface area (Å²) in [5, 5.41) is 0. The van der Waals surface area contributed by atoms with Gasteiger partial charge in [-0.3, -0.25) is 0 Å². The van der Waals surface area contributed by atoms with Crippen molar-refractivity contribution in [2.24, 2.45) is 0 Å². The van der Waals surface area contributed by atoms with Crippen LogP contribution in [0.5, 0.6) is 0 Å². The first kappa shape index (κ1) is 12.9. The number of hydrogen-bond acceptors (Lipinski definition) is 0. The van der Waals surface area contributed by atoms with Crippen LogP contribution >= 0.6 is 0 Å². The number of aryl methyl sites for hydroxylation is 2. The van der Waals surface area contributed by atoms with E-state index in [9.17, 15) is 0 Å². The number of rotatable bonds is 0. The first-order chi connectivity index (χ1) is 3.79. The van der Waals surface area contributed by atoms with Gasteiger partial charge in [-0.2, -0.15) is 0 Å². The minimum atomic E-state index is 0. The van der Waals surface area contributed by atoms with Gasteiger partial charge in [0.1, 0.15) is 0 Å². The molecule has 0 amide bonds. The van der Waals surface area contributed by atoms with Crippen LogP contribution in [0.25, 0.3) is 0 Å². The average molecular weight is 213 g/mol. The summed E-state index contributed by atoms with van der Waals surface area (Å²) in [5.74, 6) is 0. The Hall–Kier alpha value is 0.284. The smallest absolute Gasteiger partial charge is 0 e. The van der Waals surface area contributed by atoms with Gasteiger partial charge >= 0.3 is 0 Å². The second-order valence-corrected chi connectivity index (χ2v) is 2.15. The van der Waals surface area contributed by atoms with Crippen molar-refractivity contribution in [2.75, 3.05) is 0 Å². The van der Waals surface area contributed by atoms with E-state index in [1.807, 2.05) is 0 Å². The fourth-order valence-corrected chi connectivity index (χ4v) is 0.637. The molecule has 2 heteroatoms. The van der Waals surface area contributed by atoms with E-state index in [-0.39, 0.29) is 38.2 Å². The third kappa shape index (κ3) is 4.16. The van der Waals surface area contributed by atoms with E-state index in [0.29, 0.717) is 0 Å². The fourth-order valence-electron chi connectivity index (χ4n) is 0.637. The molecular weight excluding hydrogens is 201 g/mol. The summed E-state index contributed by atoms with van der Waals surface area (Å²) in [4.78, 5) is 0. The van der Waals surface area contributed by atoms with Crippen molar-refractivity contribution < 1.29 is 38.2 Å². The maximum absolute atomic E-state index is 2.12. The van der Waals surface area contributed by atoms with Crippen molar-refractivity contribution in [3.63, 3.8) is 0 Å². The molecule has 0 saturated heterocycles. The standard InChI is InChI=1S/C8H10.H2O.Y/c1-7-3-5-8(2)6-4-7;;/h3-6H,1-2H3;1H2;. The molecule has 0 aromatic heterocycles. The Morgan fingerprint density at radius 3 is 1.20 bits per heavy atom. The van der Waals surface area contributed by atoms with Crippen LogP contribution in [0.4, 0.5) is 0 Å². The van der Waals surface area contributed by atoms with Gasteiger partial charge in [0.05, 0.1) is 0 Å². The van der Waals surface area contributed by atoms with Crippen molar-refractivity contribution in [3.8, 4) is 0 Å². The van der Waals surface area contributed by atoms with Crippen LogP contribution in [-0.2, 0) is 32.7 Å². The minimum Gasteiger partial charge on any atom is -0.412 e. The largest absolute Gasteiger partial charge is 0.412 e. The third-order valence-corrected chi connectivity index (χ3v) is 1.22. The molecule has 0 aliphatic heterocycles. The second-order valence-electron chi connectivity index (χ2n) is 2.15. The zero-order chi connectivity index (χ0) is 5.98. The maximum Gasteiger partial charge on any atom is 0 e. The van der Waals surface area contributed by atoms with Gasteiger partial charge in [0.2, 0.25) is 0 Å². The Bertz CT molecular complexity index is 148. The SMILES string of the molecule is Cc1ccc(C)cc1.O.[Y]. The monoisotopic (exact) mass is 213 g/mol. The Morgan fingerprint density at radius 2 is 1.00 bits per heavy atom. The first-order valence-corrected chi connectivity index (χ1v) is 2.82. The van der Waals surface area contributed by atoms with Crippen molar-refractivity contribution in [2.45, 2.75) is 13.8 Å². The Balaban J connectivity index is 0. The third-order valence-electron chi connectivity index (χ3n) is 1.22. The molecular formula is C8H12OY. The average Bonchev–Trinajstić information content (AvgIpc) is 1.77. The van der Waals surface area contributed by atoms with E-state index < -0.39 is 0 Å². The van der Waals surface area contributed by atoms with Crippen LogP contribution < -0.4 is 0 Å². The molecule has 1 aromatic carbocycles. The van der Waals surface area contributed by atoms with Crippen LogP contribution in [-0.4, -0.2) is 5.48 Å². The molecule has 1 rings (SSSR count). The van der Waals surface area contributed by atoms with Crippen molar-refractivity contribution in [3.05, 3.63) is 35.4 Å². The van der Waals surface area contributed by atoms with Gasteiger partial charge in [0, 0.05) is 32.7 Å². The van der Waals surface area contributed by atoms with Crippen LogP contribution in [0.15, 0.2) is 24.3 Å². The van der Waals surface area contributed by atoms with Crippen LogP contribution in [0.2, 0.25) is 0 Å². The summed E-state index contributed by atoms with van der Waals surface area (Å²) in [6.45, 7) is 4.19. The molecule has 0 unspecified atom stereocenters. The molecule has 0 atom stereocenters. The molecule has 0 saturated carbocycles. The molecule has 0 bridgehead atoms. The van der Waals surface area contributed by atoms with Gasteiger partial charge in [-0.15, -0.1) is 0 Å². The molecule has 1 aromatic rings. The fraction of sp³-hybridized carbons (Fsp3) is 0.250. The zero-order valence-corrected chi connectivity index (χ0v) is 9.23. The van der Waals surface area contributed by atoms with Crippen LogP contribution in [0, 0.1) is 13.8 Å². The van der Waals surface area contributed by atoms with E-state index >= 15 is 0 Å². The van der Waals surface area contributed by atoms with E-state index in [2.05, 4.69) is 38.1 Å². The van der Waals surface area contributed by atoms with Gasteiger partial charge in [-0.1, -0.05) is 35.4 Å². The Labute approximate surface area is 87.0 Å². The van der Waals surface area contributed by atoms with Crippen molar-refractivity contribution in [1.82, 2.24) is 0 Å². The van der Waals surface area contributed by atoms with Crippen LogP contribution in [0.3, 0.4) is 0 Å². The molecule has 1 radical (unpaired) electrons. The molecule has 0 spiro atoms. The Morgan fingerprint density at radius 1 is 0.800 bits per heavy atom. The van der Waals surface area contributed by atoms with E-state index in [0.717, 1.165) is 0 Å². The number of hydrogen-bond donors (Lipinski definition) is 0.